The number of hydrogen-bond acceptors (Lipinski definition) is 8. The molecule has 1 aliphatic rings. The van der Waals surface area contributed by atoms with Gasteiger partial charge in [-0.2, -0.15) is 5.10 Å². The van der Waals surface area contributed by atoms with Crippen molar-refractivity contribution in [1.82, 2.24) is 15.2 Å². The van der Waals surface area contributed by atoms with Crippen LogP contribution in [0.25, 0.3) is 11.3 Å². The molecule has 0 spiro atoms. The molecule has 27 heavy (non-hydrogen) atoms. The van der Waals surface area contributed by atoms with Gasteiger partial charge in [-0.1, -0.05) is 0 Å². The minimum atomic E-state index is 0.317. The Kier molecular flexibility index (Phi) is 6.64. The van der Waals surface area contributed by atoms with Crippen LogP contribution in [0.15, 0.2) is 18.3 Å². The molecule has 1 aliphatic heterocycles. The molecule has 3 rings (SSSR count). The molecule has 0 amide bonds. The average Bonchev–Trinajstić information content (AvgIpc) is 2.73. The zero-order valence-electron chi connectivity index (χ0n) is 16.0. The summed E-state index contributed by atoms with van der Waals surface area (Å²) >= 11 is 0. The number of hydrogen-bond donors (Lipinski definition) is 1. The third kappa shape index (κ3) is 4.77. The fourth-order valence-electron chi connectivity index (χ4n) is 3.13. The molecule has 0 aliphatic carbocycles. The maximum absolute atomic E-state index is 5.75. The Hall–Kier alpha value is -2.61. The van der Waals surface area contributed by atoms with Crippen LogP contribution in [-0.4, -0.2) is 55.8 Å². The van der Waals surface area contributed by atoms with E-state index >= 15 is 0 Å². The van der Waals surface area contributed by atoms with Crippen LogP contribution in [0.3, 0.4) is 0 Å². The lowest BCUT2D eigenvalue weighted by atomic mass is 10.1. The van der Waals surface area contributed by atoms with Crippen LogP contribution in [0, 0.1) is 0 Å². The Labute approximate surface area is 159 Å². The predicted molar refractivity (Wildman–Crippen MR) is 102 cm³/mol. The molecule has 1 fully saturated rings. The molecule has 1 unspecified atom stereocenters. The molecule has 0 bridgehead atoms. The molecule has 1 aromatic heterocycles. The Morgan fingerprint density at radius 3 is 2.52 bits per heavy atom. The maximum Gasteiger partial charge on any atom is 0.243 e. The number of anilines is 1. The van der Waals surface area contributed by atoms with Gasteiger partial charge in [-0.25, -0.2) is 4.98 Å². The Balaban J connectivity index is 1.72. The zero-order chi connectivity index (χ0) is 19.1. The van der Waals surface area contributed by atoms with E-state index in [1.165, 1.54) is 6.42 Å². The van der Waals surface area contributed by atoms with Crippen molar-refractivity contribution in [2.75, 3.05) is 39.8 Å². The zero-order valence-corrected chi connectivity index (χ0v) is 16.0. The maximum atomic E-state index is 5.75. The van der Waals surface area contributed by atoms with Gasteiger partial charge in [-0.3, -0.25) is 0 Å². The highest BCUT2D eigenvalue weighted by Gasteiger charge is 2.16. The second kappa shape index (κ2) is 9.36. The minimum absolute atomic E-state index is 0.317. The van der Waals surface area contributed by atoms with Gasteiger partial charge in [0.1, 0.15) is 0 Å². The third-order valence-corrected chi connectivity index (χ3v) is 4.54. The van der Waals surface area contributed by atoms with E-state index in [0.717, 1.165) is 38.0 Å². The van der Waals surface area contributed by atoms with E-state index in [1.807, 2.05) is 12.1 Å². The van der Waals surface area contributed by atoms with E-state index in [0.29, 0.717) is 35.0 Å². The Bertz CT molecular complexity index is 725. The highest BCUT2D eigenvalue weighted by atomic mass is 16.5. The lowest BCUT2D eigenvalue weighted by molar-refractivity contribution is 0.0134. The molecule has 0 saturated carbocycles. The SMILES string of the molecule is COc1cc(-c2cnnc(NCCC3CCCCO3)n2)cc(OC)c1OC. The highest BCUT2D eigenvalue weighted by molar-refractivity contribution is 5.68. The van der Waals surface area contributed by atoms with Crippen LogP contribution in [-0.2, 0) is 4.74 Å². The van der Waals surface area contributed by atoms with Crippen LogP contribution in [0.5, 0.6) is 17.2 Å². The summed E-state index contributed by atoms with van der Waals surface area (Å²) in [5.41, 5.74) is 1.47. The summed E-state index contributed by atoms with van der Waals surface area (Å²) in [7, 11) is 4.74. The molecule has 1 aromatic carbocycles. The average molecular weight is 374 g/mol. The first-order chi connectivity index (χ1) is 13.2. The van der Waals surface area contributed by atoms with Gasteiger partial charge in [0, 0.05) is 18.7 Å². The number of nitrogens with zero attached hydrogens (tertiary/aromatic N) is 3. The molecule has 1 saturated heterocycles. The van der Waals surface area contributed by atoms with Gasteiger partial charge in [0.25, 0.3) is 0 Å². The van der Waals surface area contributed by atoms with E-state index in [1.54, 1.807) is 27.5 Å². The third-order valence-electron chi connectivity index (χ3n) is 4.54. The molecular formula is C19H26N4O4. The molecule has 146 valence electrons. The molecule has 1 atom stereocenters. The molecular weight excluding hydrogens is 348 g/mol. The van der Waals surface area contributed by atoms with E-state index in [2.05, 4.69) is 20.5 Å². The van der Waals surface area contributed by atoms with E-state index in [9.17, 15) is 0 Å². The summed E-state index contributed by atoms with van der Waals surface area (Å²) in [6, 6.07) is 3.68. The number of rotatable bonds is 8. The second-order valence-corrected chi connectivity index (χ2v) is 6.28. The summed E-state index contributed by atoms with van der Waals surface area (Å²) in [5.74, 6) is 2.15. The van der Waals surface area contributed by atoms with Gasteiger partial charge >= 0.3 is 0 Å². The monoisotopic (exact) mass is 374 g/mol. The van der Waals surface area contributed by atoms with Crippen LogP contribution in [0.1, 0.15) is 25.7 Å². The van der Waals surface area contributed by atoms with Gasteiger partial charge in [-0.05, 0) is 37.8 Å². The smallest absolute Gasteiger partial charge is 0.243 e. The molecule has 8 heteroatoms. The van der Waals surface area contributed by atoms with Gasteiger partial charge in [0.15, 0.2) is 11.5 Å². The lowest BCUT2D eigenvalue weighted by Crippen LogP contribution is -2.22. The number of aromatic nitrogens is 3. The number of nitrogens with one attached hydrogen (secondary N) is 1. The second-order valence-electron chi connectivity index (χ2n) is 6.28. The van der Waals surface area contributed by atoms with E-state index in [-0.39, 0.29) is 0 Å². The van der Waals surface area contributed by atoms with Crippen molar-refractivity contribution in [3.05, 3.63) is 18.3 Å². The predicted octanol–water partition coefficient (Wildman–Crippen LogP) is 2.94. The number of benzene rings is 1. The van der Waals surface area contributed by atoms with Gasteiger partial charge in [0.2, 0.25) is 11.7 Å². The van der Waals surface area contributed by atoms with Crippen molar-refractivity contribution >= 4 is 5.95 Å². The van der Waals surface area contributed by atoms with Crippen LogP contribution in [0.4, 0.5) is 5.95 Å². The molecule has 2 heterocycles. The summed E-state index contributed by atoms with van der Waals surface area (Å²) in [6.07, 6.45) is 6.37. The van der Waals surface area contributed by atoms with Crippen molar-refractivity contribution in [2.24, 2.45) is 0 Å². The number of methoxy groups -OCH3 is 3. The largest absolute Gasteiger partial charge is 0.493 e. The fraction of sp³-hybridized carbons (Fsp3) is 0.526. The quantitative estimate of drug-likeness (QED) is 0.755. The normalized spacial score (nSPS) is 16.6. The Morgan fingerprint density at radius 1 is 1.11 bits per heavy atom. The highest BCUT2D eigenvalue weighted by Crippen LogP contribution is 2.40. The van der Waals surface area contributed by atoms with Crippen LogP contribution >= 0.6 is 0 Å². The van der Waals surface area contributed by atoms with Crippen LogP contribution in [0.2, 0.25) is 0 Å². The van der Waals surface area contributed by atoms with Gasteiger partial charge < -0.3 is 24.3 Å². The summed E-state index contributed by atoms with van der Waals surface area (Å²) in [6.45, 7) is 1.60. The fourth-order valence-corrected chi connectivity index (χ4v) is 3.13. The van der Waals surface area contributed by atoms with Crippen molar-refractivity contribution in [3.63, 3.8) is 0 Å². The van der Waals surface area contributed by atoms with Gasteiger partial charge in [0.05, 0.1) is 39.3 Å². The molecule has 1 N–H and O–H groups in total. The Morgan fingerprint density at radius 2 is 1.89 bits per heavy atom. The van der Waals surface area contributed by atoms with Crippen LogP contribution < -0.4 is 19.5 Å². The standard InChI is InChI=1S/C19H26N4O4/c1-24-16-10-13(11-17(25-2)18(16)26-3)15-12-21-23-19(22-15)20-8-7-14-6-4-5-9-27-14/h10-12,14H,4-9H2,1-3H3,(H,20,22,23). The lowest BCUT2D eigenvalue weighted by Gasteiger charge is -2.22. The number of ether oxygens (including phenoxy) is 4. The molecule has 0 radical (unpaired) electrons. The van der Waals surface area contributed by atoms with Crippen molar-refractivity contribution in [1.29, 1.82) is 0 Å². The van der Waals surface area contributed by atoms with Crippen molar-refractivity contribution in [2.45, 2.75) is 31.8 Å². The first-order valence-electron chi connectivity index (χ1n) is 9.10. The first kappa shape index (κ1) is 19.2. The summed E-state index contributed by atoms with van der Waals surface area (Å²) < 4.78 is 21.9. The van der Waals surface area contributed by atoms with E-state index < -0.39 is 0 Å². The topological polar surface area (TPSA) is 87.6 Å². The minimum Gasteiger partial charge on any atom is -0.493 e. The van der Waals surface area contributed by atoms with E-state index in [4.69, 9.17) is 18.9 Å². The first-order valence-corrected chi connectivity index (χ1v) is 9.10. The van der Waals surface area contributed by atoms with Crippen molar-refractivity contribution in [3.8, 4) is 28.5 Å². The molecule has 8 nitrogen and oxygen atoms in total. The summed E-state index contributed by atoms with van der Waals surface area (Å²) in [5, 5.41) is 11.4. The summed E-state index contributed by atoms with van der Waals surface area (Å²) in [4.78, 5) is 4.55. The molecule has 2 aromatic rings. The van der Waals surface area contributed by atoms with Crippen molar-refractivity contribution < 1.29 is 18.9 Å². The van der Waals surface area contributed by atoms with Gasteiger partial charge in [-0.15, -0.1) is 5.10 Å².